The van der Waals surface area contributed by atoms with E-state index in [1.807, 2.05) is 6.92 Å². The molecule has 37 heavy (non-hydrogen) atoms. The van der Waals surface area contributed by atoms with E-state index in [9.17, 15) is 18.0 Å². The summed E-state index contributed by atoms with van der Waals surface area (Å²) in [5.74, 6) is -0.533. The number of carbonyl (C=O) groups is 2. The van der Waals surface area contributed by atoms with Crippen LogP contribution in [-0.4, -0.2) is 50.5 Å². The molecule has 7 nitrogen and oxygen atoms in total. The van der Waals surface area contributed by atoms with Crippen LogP contribution in [0, 0.1) is 6.92 Å². The molecule has 0 saturated carbocycles. The van der Waals surface area contributed by atoms with Crippen LogP contribution in [0.4, 0.5) is 5.69 Å². The summed E-state index contributed by atoms with van der Waals surface area (Å²) in [6.07, 6.45) is 3.18. The smallest absolute Gasteiger partial charge is 0.242 e. The van der Waals surface area contributed by atoms with Gasteiger partial charge >= 0.3 is 0 Å². The number of hydrogen-bond donors (Lipinski definition) is 1. The number of hydrogen-bond acceptors (Lipinski definition) is 4. The highest BCUT2D eigenvalue weighted by Gasteiger charge is 2.27. The zero-order chi connectivity index (χ0) is 27.8. The molecule has 2 aromatic rings. The Balaban J connectivity index is 2.21. The van der Waals surface area contributed by atoms with Crippen LogP contribution >= 0.6 is 34.8 Å². The normalized spacial score (nSPS) is 12.2. The third-order valence-electron chi connectivity index (χ3n) is 5.93. The van der Waals surface area contributed by atoms with E-state index in [0.29, 0.717) is 27.3 Å². The molecule has 11 heteroatoms. The maximum absolute atomic E-state index is 13.4. The van der Waals surface area contributed by atoms with Gasteiger partial charge < -0.3 is 10.2 Å². The molecule has 1 N–H and O–H groups in total. The molecule has 0 aliphatic heterocycles. The molecule has 2 amide bonds. The van der Waals surface area contributed by atoms with Gasteiger partial charge in [0.15, 0.2) is 0 Å². The molecule has 0 bridgehead atoms. The second-order valence-corrected chi connectivity index (χ2v) is 12.1. The molecule has 0 saturated heterocycles. The highest BCUT2D eigenvalue weighted by Crippen LogP contribution is 2.27. The summed E-state index contributed by atoms with van der Waals surface area (Å²) in [6.45, 7) is 6.27. The molecule has 0 heterocycles. The van der Waals surface area contributed by atoms with E-state index in [2.05, 4.69) is 5.32 Å². The summed E-state index contributed by atoms with van der Waals surface area (Å²) in [5.41, 5.74) is 1.95. The molecule has 0 aliphatic carbocycles. The molecule has 2 aromatic carbocycles. The highest BCUT2D eigenvalue weighted by atomic mass is 35.5. The zero-order valence-electron chi connectivity index (χ0n) is 21.6. The Morgan fingerprint density at radius 1 is 1.03 bits per heavy atom. The number of aryl methyl sites for hydroxylation is 1. The monoisotopic (exact) mass is 589 g/mol. The van der Waals surface area contributed by atoms with E-state index in [-0.39, 0.29) is 37.7 Å². The van der Waals surface area contributed by atoms with Crippen molar-refractivity contribution in [1.82, 2.24) is 10.2 Å². The largest absolute Gasteiger partial charge is 0.354 e. The van der Waals surface area contributed by atoms with Gasteiger partial charge in [-0.2, -0.15) is 0 Å². The Morgan fingerprint density at radius 3 is 2.35 bits per heavy atom. The SMILES string of the molecule is CCCCNC(=O)[C@@H](C)N(Cc1ccc(Cl)c(Cl)c1)C(=O)CCCN(c1cc(Cl)ccc1C)S(C)(=O)=O. The highest BCUT2D eigenvalue weighted by molar-refractivity contribution is 7.92. The van der Waals surface area contributed by atoms with Gasteiger partial charge in [-0.05, 0) is 62.1 Å². The Hall–Kier alpha value is -2.00. The first kappa shape index (κ1) is 31.2. The maximum atomic E-state index is 13.4. The Kier molecular flexibility index (Phi) is 12.0. The third-order valence-corrected chi connectivity index (χ3v) is 8.08. The Labute approximate surface area is 235 Å². The average Bonchev–Trinajstić information content (AvgIpc) is 2.83. The molecule has 204 valence electrons. The van der Waals surface area contributed by atoms with Crippen molar-refractivity contribution < 1.29 is 18.0 Å². The van der Waals surface area contributed by atoms with E-state index in [0.717, 1.165) is 30.2 Å². The minimum Gasteiger partial charge on any atom is -0.354 e. The van der Waals surface area contributed by atoms with Crippen LogP contribution in [0.25, 0.3) is 0 Å². The van der Waals surface area contributed by atoms with E-state index in [4.69, 9.17) is 34.8 Å². The van der Waals surface area contributed by atoms with Gasteiger partial charge in [-0.25, -0.2) is 8.42 Å². The number of halogens is 3. The summed E-state index contributed by atoms with van der Waals surface area (Å²) in [4.78, 5) is 27.6. The molecule has 0 spiro atoms. The summed E-state index contributed by atoms with van der Waals surface area (Å²) in [7, 11) is -3.62. The van der Waals surface area contributed by atoms with Crippen molar-refractivity contribution in [2.75, 3.05) is 23.7 Å². The molecule has 0 radical (unpaired) electrons. The van der Waals surface area contributed by atoms with Gasteiger partial charge in [-0.1, -0.05) is 60.3 Å². The number of amides is 2. The van der Waals surface area contributed by atoms with Crippen molar-refractivity contribution in [3.05, 3.63) is 62.6 Å². The Morgan fingerprint density at radius 2 is 1.73 bits per heavy atom. The number of sulfonamides is 1. The van der Waals surface area contributed by atoms with Gasteiger partial charge in [-0.15, -0.1) is 0 Å². The third kappa shape index (κ3) is 9.36. The second-order valence-electron chi connectivity index (χ2n) is 8.96. The lowest BCUT2D eigenvalue weighted by atomic mass is 10.1. The van der Waals surface area contributed by atoms with Gasteiger partial charge in [0.05, 0.1) is 22.0 Å². The molecule has 0 fully saturated rings. The van der Waals surface area contributed by atoms with Gasteiger partial charge in [0.25, 0.3) is 0 Å². The number of anilines is 1. The van der Waals surface area contributed by atoms with E-state index in [1.165, 1.54) is 9.21 Å². The number of nitrogens with one attached hydrogen (secondary N) is 1. The van der Waals surface area contributed by atoms with Crippen molar-refractivity contribution >= 4 is 62.3 Å². The van der Waals surface area contributed by atoms with Crippen LogP contribution in [0.15, 0.2) is 36.4 Å². The van der Waals surface area contributed by atoms with Gasteiger partial charge in [0.2, 0.25) is 21.8 Å². The predicted molar refractivity (Wildman–Crippen MR) is 152 cm³/mol. The van der Waals surface area contributed by atoms with Gasteiger partial charge in [0, 0.05) is 31.1 Å². The van der Waals surface area contributed by atoms with E-state index >= 15 is 0 Å². The quantitative estimate of drug-likeness (QED) is 0.297. The van der Waals surface area contributed by atoms with Crippen LogP contribution in [0.1, 0.15) is 50.7 Å². The van der Waals surface area contributed by atoms with Crippen molar-refractivity contribution in [1.29, 1.82) is 0 Å². The lowest BCUT2D eigenvalue weighted by Crippen LogP contribution is -2.48. The maximum Gasteiger partial charge on any atom is 0.242 e. The number of unbranched alkanes of at least 4 members (excludes halogenated alkanes) is 1. The molecular formula is C26H34Cl3N3O4S. The minimum atomic E-state index is -3.62. The van der Waals surface area contributed by atoms with Crippen LogP contribution in [0.2, 0.25) is 15.1 Å². The first-order valence-corrected chi connectivity index (χ1v) is 15.1. The van der Waals surface area contributed by atoms with Crippen LogP contribution in [0.3, 0.4) is 0 Å². The molecule has 0 aromatic heterocycles. The van der Waals surface area contributed by atoms with E-state index < -0.39 is 16.1 Å². The summed E-state index contributed by atoms with van der Waals surface area (Å²) in [5, 5.41) is 4.04. The lowest BCUT2D eigenvalue weighted by molar-refractivity contribution is -0.140. The minimum absolute atomic E-state index is 0.0412. The summed E-state index contributed by atoms with van der Waals surface area (Å²) >= 11 is 18.3. The van der Waals surface area contributed by atoms with Crippen molar-refractivity contribution in [3.8, 4) is 0 Å². The standard InChI is InChI=1S/C26H34Cl3N3O4S/c1-5-6-13-30-26(34)19(3)31(17-20-10-12-22(28)23(29)15-20)25(33)8-7-14-32(37(4,35)36)24-16-21(27)11-9-18(24)2/h9-12,15-16,19H,5-8,13-14,17H2,1-4H3,(H,30,34)/t19-/m1/s1. The number of benzene rings is 2. The van der Waals surface area contributed by atoms with Crippen molar-refractivity contribution in [3.63, 3.8) is 0 Å². The molecule has 1 atom stereocenters. The second kappa shape index (κ2) is 14.2. The number of nitrogens with zero attached hydrogens (tertiary/aromatic N) is 2. The summed E-state index contributed by atoms with van der Waals surface area (Å²) in [6, 6.07) is 9.37. The topological polar surface area (TPSA) is 86.8 Å². The zero-order valence-corrected chi connectivity index (χ0v) is 24.6. The summed E-state index contributed by atoms with van der Waals surface area (Å²) < 4.78 is 26.3. The first-order chi connectivity index (χ1) is 17.3. The predicted octanol–water partition coefficient (Wildman–Crippen LogP) is 5.84. The van der Waals surface area contributed by atoms with Crippen LogP contribution < -0.4 is 9.62 Å². The van der Waals surface area contributed by atoms with Crippen molar-refractivity contribution in [2.45, 2.75) is 59.0 Å². The van der Waals surface area contributed by atoms with Gasteiger partial charge in [0.1, 0.15) is 6.04 Å². The fourth-order valence-corrected chi connectivity index (χ4v) is 5.29. The molecule has 2 rings (SSSR count). The lowest BCUT2D eigenvalue weighted by Gasteiger charge is -2.30. The first-order valence-electron chi connectivity index (χ1n) is 12.1. The average molecular weight is 591 g/mol. The van der Waals surface area contributed by atoms with Crippen LogP contribution in [0.5, 0.6) is 0 Å². The number of rotatable bonds is 13. The fourth-order valence-electron chi connectivity index (χ4n) is 3.79. The van der Waals surface area contributed by atoms with E-state index in [1.54, 1.807) is 50.2 Å². The molecular weight excluding hydrogens is 557 g/mol. The molecule has 0 aliphatic rings. The van der Waals surface area contributed by atoms with Crippen LogP contribution in [-0.2, 0) is 26.2 Å². The van der Waals surface area contributed by atoms with Crippen molar-refractivity contribution in [2.24, 2.45) is 0 Å². The Bertz CT molecular complexity index is 1210. The fraction of sp³-hybridized carbons (Fsp3) is 0.462. The molecule has 0 unspecified atom stereocenters. The number of carbonyl (C=O) groups excluding carboxylic acids is 2. The van der Waals surface area contributed by atoms with Gasteiger partial charge in [-0.3, -0.25) is 13.9 Å².